The van der Waals surface area contributed by atoms with E-state index >= 15 is 0 Å². The minimum absolute atomic E-state index is 1.14. The Morgan fingerprint density at radius 2 is 1.44 bits per heavy atom. The van der Waals surface area contributed by atoms with Gasteiger partial charge in [0, 0.05) is 11.4 Å². The van der Waals surface area contributed by atoms with E-state index in [2.05, 4.69) is 48.6 Å². The minimum atomic E-state index is 1.14. The Balaban J connectivity index is 1.91. The largest absolute Gasteiger partial charge is 0.356 e. The van der Waals surface area contributed by atoms with Crippen molar-refractivity contribution in [1.82, 2.24) is 0 Å². The van der Waals surface area contributed by atoms with E-state index in [0.717, 1.165) is 11.4 Å². The van der Waals surface area contributed by atoms with Crippen molar-refractivity contribution in [1.29, 1.82) is 0 Å². The maximum absolute atomic E-state index is 3.40. The monoisotopic (exact) mass is 239 g/mol. The molecule has 0 saturated heterocycles. The molecule has 0 spiro atoms. The molecule has 0 bridgehead atoms. The summed E-state index contributed by atoms with van der Waals surface area (Å²) in [5, 5.41) is 3.40. The Kier molecular flexibility index (Phi) is 4.83. The minimum Gasteiger partial charge on any atom is -0.356 e. The van der Waals surface area contributed by atoms with Crippen molar-refractivity contribution < 1.29 is 0 Å². The van der Waals surface area contributed by atoms with E-state index in [1.165, 1.54) is 31.2 Å². The molecule has 1 heteroatoms. The summed E-state index contributed by atoms with van der Waals surface area (Å²) in [7, 11) is 0. The highest BCUT2D eigenvalue weighted by Gasteiger charge is 1.96. The summed E-state index contributed by atoms with van der Waals surface area (Å²) in [6.45, 7) is 2.24. The molecule has 0 aliphatic rings. The third-order valence-corrected chi connectivity index (χ3v) is 3.09. The summed E-state index contributed by atoms with van der Waals surface area (Å²) in [5.41, 5.74) is 3.72. The summed E-state index contributed by atoms with van der Waals surface area (Å²) in [5.74, 6) is 0. The van der Waals surface area contributed by atoms with Crippen LogP contribution < -0.4 is 5.32 Å². The van der Waals surface area contributed by atoms with Crippen LogP contribution in [0.3, 0.4) is 0 Å². The number of anilines is 2. The molecule has 0 saturated carbocycles. The number of aryl methyl sites for hydroxylation is 1. The smallest absolute Gasteiger partial charge is 0.0384 e. The van der Waals surface area contributed by atoms with E-state index in [-0.39, 0.29) is 0 Å². The molecule has 0 radical (unpaired) electrons. The van der Waals surface area contributed by atoms with Gasteiger partial charge in [0.25, 0.3) is 0 Å². The van der Waals surface area contributed by atoms with Gasteiger partial charge in [-0.25, -0.2) is 0 Å². The standard InChI is InChI=1S/C17H21N/c1-2-3-5-8-15-11-13-17(14-12-15)18-16-9-6-4-7-10-16/h4,6-7,9-14,18H,2-3,5,8H2,1H3. The number of nitrogens with one attached hydrogen (secondary N) is 1. The Morgan fingerprint density at radius 1 is 0.778 bits per heavy atom. The van der Waals surface area contributed by atoms with E-state index in [4.69, 9.17) is 0 Å². The molecule has 1 nitrogen and oxygen atoms in total. The van der Waals surface area contributed by atoms with E-state index in [1.807, 2.05) is 18.2 Å². The lowest BCUT2D eigenvalue weighted by molar-refractivity contribution is 0.717. The summed E-state index contributed by atoms with van der Waals surface area (Å²) in [6, 6.07) is 19.0. The SMILES string of the molecule is CCCCCc1ccc(Nc2ccccc2)cc1. The fourth-order valence-corrected chi connectivity index (χ4v) is 2.02. The number of para-hydroxylation sites is 1. The van der Waals surface area contributed by atoms with Crippen LogP contribution in [0.15, 0.2) is 54.6 Å². The molecule has 2 rings (SSSR count). The lowest BCUT2D eigenvalue weighted by Gasteiger charge is -2.07. The van der Waals surface area contributed by atoms with Crippen molar-refractivity contribution in [2.24, 2.45) is 0 Å². The van der Waals surface area contributed by atoms with Crippen molar-refractivity contribution >= 4 is 11.4 Å². The highest BCUT2D eigenvalue weighted by molar-refractivity contribution is 5.59. The Bertz CT molecular complexity index is 445. The topological polar surface area (TPSA) is 12.0 Å². The van der Waals surface area contributed by atoms with Crippen LogP contribution in [-0.4, -0.2) is 0 Å². The van der Waals surface area contributed by atoms with E-state index in [9.17, 15) is 0 Å². The quantitative estimate of drug-likeness (QED) is 0.686. The van der Waals surface area contributed by atoms with Gasteiger partial charge in [-0.15, -0.1) is 0 Å². The van der Waals surface area contributed by atoms with Crippen LogP contribution >= 0.6 is 0 Å². The Hall–Kier alpha value is -1.76. The molecule has 0 aliphatic heterocycles. The predicted molar refractivity (Wildman–Crippen MR) is 79.4 cm³/mol. The van der Waals surface area contributed by atoms with Crippen LogP contribution in [0.1, 0.15) is 31.7 Å². The van der Waals surface area contributed by atoms with Gasteiger partial charge in [-0.1, -0.05) is 50.1 Å². The molecule has 0 amide bonds. The van der Waals surface area contributed by atoms with Crippen molar-refractivity contribution in [3.8, 4) is 0 Å². The van der Waals surface area contributed by atoms with Gasteiger partial charge < -0.3 is 5.32 Å². The number of benzene rings is 2. The van der Waals surface area contributed by atoms with Gasteiger partial charge in [0.2, 0.25) is 0 Å². The fraction of sp³-hybridized carbons (Fsp3) is 0.294. The lowest BCUT2D eigenvalue weighted by atomic mass is 10.1. The second-order valence-corrected chi connectivity index (χ2v) is 4.65. The fourth-order valence-electron chi connectivity index (χ4n) is 2.02. The lowest BCUT2D eigenvalue weighted by Crippen LogP contribution is -1.91. The summed E-state index contributed by atoms with van der Waals surface area (Å²) < 4.78 is 0. The van der Waals surface area contributed by atoms with Crippen LogP contribution in [-0.2, 0) is 6.42 Å². The maximum Gasteiger partial charge on any atom is 0.0384 e. The zero-order valence-electron chi connectivity index (χ0n) is 11.0. The Labute approximate surface area is 110 Å². The molecule has 0 atom stereocenters. The van der Waals surface area contributed by atoms with Crippen molar-refractivity contribution in [3.05, 3.63) is 60.2 Å². The van der Waals surface area contributed by atoms with Gasteiger partial charge in [-0.2, -0.15) is 0 Å². The third-order valence-electron chi connectivity index (χ3n) is 3.09. The summed E-state index contributed by atoms with van der Waals surface area (Å²) in [4.78, 5) is 0. The molecule has 0 fully saturated rings. The van der Waals surface area contributed by atoms with Gasteiger partial charge >= 0.3 is 0 Å². The first-order valence-electron chi connectivity index (χ1n) is 6.79. The van der Waals surface area contributed by atoms with Crippen LogP contribution in [0.4, 0.5) is 11.4 Å². The molecule has 0 unspecified atom stereocenters. The van der Waals surface area contributed by atoms with Gasteiger partial charge in [0.15, 0.2) is 0 Å². The van der Waals surface area contributed by atoms with Crippen molar-refractivity contribution in [2.45, 2.75) is 32.6 Å². The number of rotatable bonds is 6. The highest BCUT2D eigenvalue weighted by atomic mass is 14.9. The van der Waals surface area contributed by atoms with Crippen LogP contribution in [0, 0.1) is 0 Å². The number of hydrogen-bond acceptors (Lipinski definition) is 1. The molecule has 2 aromatic rings. The highest BCUT2D eigenvalue weighted by Crippen LogP contribution is 2.17. The molecule has 0 aromatic heterocycles. The second kappa shape index (κ2) is 6.85. The number of unbranched alkanes of at least 4 members (excludes halogenated alkanes) is 2. The van der Waals surface area contributed by atoms with Crippen LogP contribution in [0.2, 0.25) is 0 Å². The van der Waals surface area contributed by atoms with Crippen LogP contribution in [0.25, 0.3) is 0 Å². The molecule has 18 heavy (non-hydrogen) atoms. The average Bonchev–Trinajstić information content (AvgIpc) is 2.42. The van der Waals surface area contributed by atoms with Gasteiger partial charge in [-0.05, 0) is 42.7 Å². The zero-order chi connectivity index (χ0) is 12.6. The van der Waals surface area contributed by atoms with Crippen molar-refractivity contribution in [3.63, 3.8) is 0 Å². The van der Waals surface area contributed by atoms with E-state index < -0.39 is 0 Å². The second-order valence-electron chi connectivity index (χ2n) is 4.65. The van der Waals surface area contributed by atoms with E-state index in [1.54, 1.807) is 0 Å². The maximum atomic E-state index is 3.40. The average molecular weight is 239 g/mol. The van der Waals surface area contributed by atoms with Gasteiger partial charge in [0.1, 0.15) is 0 Å². The first-order valence-corrected chi connectivity index (χ1v) is 6.79. The molecule has 1 N–H and O–H groups in total. The van der Waals surface area contributed by atoms with Gasteiger partial charge in [0.05, 0.1) is 0 Å². The van der Waals surface area contributed by atoms with E-state index in [0.29, 0.717) is 0 Å². The van der Waals surface area contributed by atoms with Gasteiger partial charge in [-0.3, -0.25) is 0 Å². The third kappa shape index (κ3) is 3.92. The van der Waals surface area contributed by atoms with Crippen molar-refractivity contribution in [2.75, 3.05) is 5.32 Å². The molecular formula is C17H21N. The predicted octanol–water partition coefficient (Wildman–Crippen LogP) is 5.16. The number of hydrogen-bond donors (Lipinski definition) is 1. The molecule has 0 heterocycles. The molecular weight excluding hydrogens is 218 g/mol. The Morgan fingerprint density at radius 3 is 2.11 bits per heavy atom. The molecule has 2 aromatic carbocycles. The normalized spacial score (nSPS) is 10.3. The molecule has 0 aliphatic carbocycles. The summed E-state index contributed by atoms with van der Waals surface area (Å²) in [6.07, 6.45) is 5.10. The first-order chi connectivity index (χ1) is 8.88. The molecule has 94 valence electrons. The first kappa shape index (κ1) is 12.7. The zero-order valence-corrected chi connectivity index (χ0v) is 11.0. The summed E-state index contributed by atoms with van der Waals surface area (Å²) >= 11 is 0. The van der Waals surface area contributed by atoms with Crippen LogP contribution in [0.5, 0.6) is 0 Å².